The summed E-state index contributed by atoms with van der Waals surface area (Å²) < 4.78 is 0. The van der Waals surface area contributed by atoms with Crippen LogP contribution in [0.15, 0.2) is 0 Å². The predicted octanol–water partition coefficient (Wildman–Crippen LogP) is 0.229. The zero-order valence-corrected chi connectivity index (χ0v) is 8.37. The molecule has 0 aliphatic heterocycles. The molecule has 0 aromatic carbocycles. The second kappa shape index (κ2) is 4.23. The van der Waals surface area contributed by atoms with Gasteiger partial charge in [0.25, 0.3) is 0 Å². The Labute approximate surface area is 82.3 Å². The summed E-state index contributed by atoms with van der Waals surface area (Å²) >= 11 is 0. The first kappa shape index (κ1) is 10.7. The fourth-order valence-corrected chi connectivity index (χ4v) is 1.36. The van der Waals surface area contributed by atoms with Crippen LogP contribution in [0.3, 0.4) is 0 Å². The van der Waals surface area contributed by atoms with E-state index in [1.165, 1.54) is 0 Å². The minimum absolute atomic E-state index is 0.140. The molecule has 0 saturated carbocycles. The van der Waals surface area contributed by atoms with Gasteiger partial charge >= 0.3 is 5.97 Å². The zero-order chi connectivity index (χ0) is 10.7. The number of aryl methyl sites for hydroxylation is 2. The van der Waals surface area contributed by atoms with Crippen molar-refractivity contribution in [2.45, 2.75) is 20.3 Å². The Morgan fingerprint density at radius 2 is 2.29 bits per heavy atom. The van der Waals surface area contributed by atoms with E-state index in [1.807, 2.05) is 13.8 Å². The monoisotopic (exact) mass is 197 g/mol. The molecule has 0 spiro atoms. The summed E-state index contributed by atoms with van der Waals surface area (Å²) in [5, 5.41) is 8.81. The van der Waals surface area contributed by atoms with Crippen molar-refractivity contribution in [1.82, 2.24) is 9.97 Å². The summed E-state index contributed by atoms with van der Waals surface area (Å²) in [5.74, 6) is -0.609. The van der Waals surface area contributed by atoms with E-state index < -0.39 is 11.9 Å². The fourth-order valence-electron chi connectivity index (χ4n) is 1.36. The van der Waals surface area contributed by atoms with Gasteiger partial charge in [0.05, 0.1) is 11.6 Å². The quantitative estimate of drug-likeness (QED) is 0.644. The van der Waals surface area contributed by atoms with Gasteiger partial charge < -0.3 is 15.8 Å². The van der Waals surface area contributed by atoms with Crippen molar-refractivity contribution in [1.29, 1.82) is 0 Å². The van der Waals surface area contributed by atoms with Gasteiger partial charge in [0.15, 0.2) is 0 Å². The molecule has 1 aromatic heterocycles. The van der Waals surface area contributed by atoms with Crippen LogP contribution in [0.1, 0.15) is 17.2 Å². The maximum absolute atomic E-state index is 10.7. The van der Waals surface area contributed by atoms with E-state index >= 15 is 0 Å². The maximum Gasteiger partial charge on any atom is 0.308 e. The van der Waals surface area contributed by atoms with E-state index in [0.29, 0.717) is 6.42 Å². The maximum atomic E-state index is 10.7. The summed E-state index contributed by atoms with van der Waals surface area (Å²) in [6.07, 6.45) is 0.391. The minimum atomic E-state index is -0.868. The lowest BCUT2D eigenvalue weighted by atomic mass is 10.0. The number of carboxylic acid groups (broad SMARTS) is 1. The number of rotatable bonds is 4. The Balaban J connectivity index is 2.76. The van der Waals surface area contributed by atoms with E-state index in [1.54, 1.807) is 0 Å². The van der Waals surface area contributed by atoms with Crippen molar-refractivity contribution >= 4 is 5.97 Å². The number of nitrogens with two attached hydrogens (primary N) is 1. The van der Waals surface area contributed by atoms with Gasteiger partial charge in [0, 0.05) is 18.7 Å². The SMILES string of the molecule is Cc1nc(CC(CN)C(=O)O)c(C)[nH]1. The van der Waals surface area contributed by atoms with Crippen LogP contribution in [-0.2, 0) is 11.2 Å². The first-order valence-corrected chi connectivity index (χ1v) is 4.49. The highest BCUT2D eigenvalue weighted by Gasteiger charge is 2.18. The largest absolute Gasteiger partial charge is 0.481 e. The second-order valence-electron chi connectivity index (χ2n) is 3.37. The van der Waals surface area contributed by atoms with Crippen LogP contribution in [0.25, 0.3) is 0 Å². The van der Waals surface area contributed by atoms with E-state index in [-0.39, 0.29) is 6.54 Å². The van der Waals surface area contributed by atoms with Gasteiger partial charge in [-0.25, -0.2) is 4.98 Å². The topological polar surface area (TPSA) is 92.0 Å². The first-order chi connectivity index (χ1) is 6.54. The number of H-pyrrole nitrogens is 1. The summed E-state index contributed by atoms with van der Waals surface area (Å²) in [5.41, 5.74) is 7.07. The predicted molar refractivity (Wildman–Crippen MR) is 51.9 cm³/mol. The molecule has 0 bridgehead atoms. The smallest absolute Gasteiger partial charge is 0.308 e. The van der Waals surface area contributed by atoms with Gasteiger partial charge in [0.2, 0.25) is 0 Å². The number of aliphatic carboxylic acids is 1. The van der Waals surface area contributed by atoms with Gasteiger partial charge in [0.1, 0.15) is 5.82 Å². The molecular weight excluding hydrogens is 182 g/mol. The fraction of sp³-hybridized carbons (Fsp3) is 0.556. The first-order valence-electron chi connectivity index (χ1n) is 4.49. The van der Waals surface area contributed by atoms with E-state index in [2.05, 4.69) is 9.97 Å². The van der Waals surface area contributed by atoms with Gasteiger partial charge in [-0.05, 0) is 13.8 Å². The van der Waals surface area contributed by atoms with Gasteiger partial charge in [-0.15, -0.1) is 0 Å². The van der Waals surface area contributed by atoms with Crippen molar-refractivity contribution < 1.29 is 9.90 Å². The van der Waals surface area contributed by atoms with Gasteiger partial charge in [-0.1, -0.05) is 0 Å². The Bertz CT molecular complexity index is 333. The molecule has 4 N–H and O–H groups in total. The van der Waals surface area contributed by atoms with Crippen molar-refractivity contribution in [3.63, 3.8) is 0 Å². The number of aromatic nitrogens is 2. The molecule has 0 aliphatic carbocycles. The van der Waals surface area contributed by atoms with Crippen molar-refractivity contribution in [2.75, 3.05) is 6.54 Å². The molecule has 78 valence electrons. The highest BCUT2D eigenvalue weighted by atomic mass is 16.4. The second-order valence-corrected chi connectivity index (χ2v) is 3.37. The van der Waals surface area contributed by atoms with E-state index in [0.717, 1.165) is 17.2 Å². The molecule has 5 nitrogen and oxygen atoms in total. The van der Waals surface area contributed by atoms with Crippen LogP contribution in [0.2, 0.25) is 0 Å². The molecule has 14 heavy (non-hydrogen) atoms. The van der Waals surface area contributed by atoms with Crippen molar-refractivity contribution in [3.8, 4) is 0 Å². The molecule has 1 unspecified atom stereocenters. The number of imidazole rings is 1. The zero-order valence-electron chi connectivity index (χ0n) is 8.37. The third-order valence-electron chi connectivity index (χ3n) is 2.18. The Morgan fingerprint density at radius 1 is 1.64 bits per heavy atom. The number of hydrogen-bond acceptors (Lipinski definition) is 3. The Hall–Kier alpha value is -1.36. The van der Waals surface area contributed by atoms with Crippen LogP contribution in [0.4, 0.5) is 0 Å². The van der Waals surface area contributed by atoms with E-state index in [9.17, 15) is 4.79 Å². The lowest BCUT2D eigenvalue weighted by Crippen LogP contribution is -2.25. The molecule has 1 rings (SSSR count). The number of aromatic amines is 1. The Morgan fingerprint density at radius 3 is 2.64 bits per heavy atom. The third-order valence-corrected chi connectivity index (χ3v) is 2.18. The molecule has 0 fully saturated rings. The van der Waals surface area contributed by atoms with Crippen molar-refractivity contribution in [3.05, 3.63) is 17.2 Å². The van der Waals surface area contributed by atoms with Crippen LogP contribution in [-0.4, -0.2) is 27.6 Å². The molecular formula is C9H15N3O2. The van der Waals surface area contributed by atoms with Gasteiger partial charge in [-0.2, -0.15) is 0 Å². The molecule has 1 atom stereocenters. The number of nitrogens with zero attached hydrogens (tertiary/aromatic N) is 1. The number of carbonyl (C=O) groups is 1. The average molecular weight is 197 g/mol. The lowest BCUT2D eigenvalue weighted by Gasteiger charge is -2.07. The van der Waals surface area contributed by atoms with Crippen LogP contribution in [0, 0.1) is 19.8 Å². The summed E-state index contributed by atoms with van der Waals surface area (Å²) in [6, 6.07) is 0. The van der Waals surface area contributed by atoms with Crippen LogP contribution < -0.4 is 5.73 Å². The standard InChI is InChI=1S/C9H15N3O2/c1-5-8(12-6(2)11-5)3-7(4-10)9(13)14/h7H,3-4,10H2,1-2H3,(H,11,12)(H,13,14). The number of carboxylic acids is 1. The summed E-state index contributed by atoms with van der Waals surface area (Å²) in [7, 11) is 0. The lowest BCUT2D eigenvalue weighted by molar-refractivity contribution is -0.141. The third kappa shape index (κ3) is 2.32. The molecule has 0 radical (unpaired) electrons. The van der Waals surface area contributed by atoms with Crippen molar-refractivity contribution in [2.24, 2.45) is 11.7 Å². The summed E-state index contributed by atoms with van der Waals surface area (Å²) in [6.45, 7) is 3.86. The molecule has 0 saturated heterocycles. The normalized spacial score (nSPS) is 12.8. The summed E-state index contributed by atoms with van der Waals surface area (Å²) in [4.78, 5) is 18.0. The average Bonchev–Trinajstić information content (AvgIpc) is 2.40. The highest BCUT2D eigenvalue weighted by molar-refractivity contribution is 5.70. The molecule has 1 aromatic rings. The van der Waals surface area contributed by atoms with Gasteiger partial charge in [-0.3, -0.25) is 4.79 Å². The molecule has 1 heterocycles. The van der Waals surface area contributed by atoms with Crippen LogP contribution >= 0.6 is 0 Å². The molecule has 5 heteroatoms. The minimum Gasteiger partial charge on any atom is -0.481 e. The van der Waals surface area contributed by atoms with Crippen LogP contribution in [0.5, 0.6) is 0 Å². The Kier molecular flexibility index (Phi) is 3.24. The van der Waals surface area contributed by atoms with E-state index in [4.69, 9.17) is 10.8 Å². The number of hydrogen-bond donors (Lipinski definition) is 3. The highest BCUT2D eigenvalue weighted by Crippen LogP contribution is 2.10. The molecule has 0 amide bonds. The number of nitrogens with one attached hydrogen (secondary N) is 1. The molecule has 0 aliphatic rings.